The van der Waals surface area contributed by atoms with E-state index in [1.165, 1.54) is 5.56 Å². The molecule has 4 nitrogen and oxygen atoms in total. The van der Waals surface area contributed by atoms with Crippen molar-refractivity contribution in [3.05, 3.63) is 40.7 Å². The third-order valence-electron chi connectivity index (χ3n) is 3.25. The van der Waals surface area contributed by atoms with Gasteiger partial charge in [0.15, 0.2) is 0 Å². The van der Waals surface area contributed by atoms with Crippen molar-refractivity contribution in [2.75, 3.05) is 12.4 Å². The predicted molar refractivity (Wildman–Crippen MR) is 81.7 cm³/mol. The number of ether oxygens (including phenoxy) is 1. The number of hydrogen-bond donors (Lipinski definition) is 1. The van der Waals surface area contributed by atoms with E-state index in [0.717, 1.165) is 34.9 Å². The summed E-state index contributed by atoms with van der Waals surface area (Å²) < 4.78 is 6.01. The van der Waals surface area contributed by atoms with Crippen LogP contribution in [-0.2, 0) is 6.42 Å². The summed E-state index contributed by atoms with van der Waals surface area (Å²) in [5.74, 6) is 3.06. The van der Waals surface area contributed by atoms with Gasteiger partial charge in [-0.3, -0.25) is 0 Å². The number of aromatic nitrogens is 2. The Labute approximate surface area is 120 Å². The van der Waals surface area contributed by atoms with Crippen molar-refractivity contribution >= 4 is 5.82 Å². The van der Waals surface area contributed by atoms with Crippen LogP contribution in [0.5, 0.6) is 11.6 Å². The highest BCUT2D eigenvalue weighted by atomic mass is 16.5. The maximum absolute atomic E-state index is 6.01. The van der Waals surface area contributed by atoms with E-state index in [-0.39, 0.29) is 0 Å². The predicted octanol–water partition coefficient (Wildman–Crippen LogP) is 3.80. The molecule has 0 spiro atoms. The summed E-state index contributed by atoms with van der Waals surface area (Å²) in [7, 11) is 1.86. The molecule has 1 aromatic carbocycles. The molecule has 106 valence electrons. The molecule has 2 rings (SSSR count). The van der Waals surface area contributed by atoms with Crippen LogP contribution in [0.15, 0.2) is 18.2 Å². The number of aryl methyl sites for hydroxylation is 3. The highest BCUT2D eigenvalue weighted by molar-refractivity contribution is 5.50. The standard InChI is InChI=1S/C16H21N3O/c1-6-14-18-15(17-5)12(4)16(19-14)20-13-9-10(2)7-8-11(13)3/h7-9H,6H2,1-5H3,(H,17,18,19). The van der Waals surface area contributed by atoms with Gasteiger partial charge in [0.05, 0.1) is 5.56 Å². The zero-order valence-electron chi connectivity index (χ0n) is 12.7. The van der Waals surface area contributed by atoms with Crippen LogP contribution < -0.4 is 10.1 Å². The van der Waals surface area contributed by atoms with Gasteiger partial charge in [0, 0.05) is 13.5 Å². The van der Waals surface area contributed by atoms with Crippen LogP contribution in [0.3, 0.4) is 0 Å². The number of anilines is 1. The molecule has 1 aromatic heterocycles. The third-order valence-corrected chi connectivity index (χ3v) is 3.25. The van der Waals surface area contributed by atoms with E-state index in [4.69, 9.17) is 4.74 Å². The summed E-state index contributed by atoms with van der Waals surface area (Å²) in [6.07, 6.45) is 0.776. The second kappa shape index (κ2) is 5.90. The van der Waals surface area contributed by atoms with E-state index in [2.05, 4.69) is 34.3 Å². The Morgan fingerprint density at radius 2 is 1.90 bits per heavy atom. The van der Waals surface area contributed by atoms with Crippen molar-refractivity contribution in [3.63, 3.8) is 0 Å². The van der Waals surface area contributed by atoms with Crippen molar-refractivity contribution in [1.82, 2.24) is 9.97 Å². The van der Waals surface area contributed by atoms with E-state index in [9.17, 15) is 0 Å². The summed E-state index contributed by atoms with van der Waals surface area (Å²) in [6, 6.07) is 6.16. The van der Waals surface area contributed by atoms with Crippen LogP contribution >= 0.6 is 0 Å². The highest BCUT2D eigenvalue weighted by Gasteiger charge is 2.12. The highest BCUT2D eigenvalue weighted by Crippen LogP contribution is 2.29. The van der Waals surface area contributed by atoms with Gasteiger partial charge in [0.25, 0.3) is 0 Å². The fraction of sp³-hybridized carbons (Fsp3) is 0.375. The molecule has 0 amide bonds. The molecule has 0 aliphatic heterocycles. The van der Waals surface area contributed by atoms with Crippen molar-refractivity contribution in [2.24, 2.45) is 0 Å². The molecular weight excluding hydrogens is 250 g/mol. The Morgan fingerprint density at radius 3 is 2.55 bits per heavy atom. The van der Waals surface area contributed by atoms with Crippen molar-refractivity contribution in [1.29, 1.82) is 0 Å². The molecule has 0 saturated carbocycles. The van der Waals surface area contributed by atoms with Gasteiger partial charge < -0.3 is 10.1 Å². The average molecular weight is 271 g/mol. The molecular formula is C16H21N3O. The first kappa shape index (κ1) is 14.3. The Bertz CT molecular complexity index is 623. The molecule has 0 radical (unpaired) electrons. The van der Waals surface area contributed by atoms with Gasteiger partial charge in [0.1, 0.15) is 17.4 Å². The molecule has 0 saturated heterocycles. The lowest BCUT2D eigenvalue weighted by atomic mass is 10.1. The van der Waals surface area contributed by atoms with Crippen LogP contribution in [0.25, 0.3) is 0 Å². The van der Waals surface area contributed by atoms with Gasteiger partial charge in [-0.1, -0.05) is 19.1 Å². The van der Waals surface area contributed by atoms with E-state index < -0.39 is 0 Å². The van der Waals surface area contributed by atoms with Crippen LogP contribution in [0.2, 0.25) is 0 Å². The third kappa shape index (κ3) is 2.90. The second-order valence-electron chi connectivity index (χ2n) is 4.89. The summed E-state index contributed by atoms with van der Waals surface area (Å²) >= 11 is 0. The van der Waals surface area contributed by atoms with E-state index in [1.54, 1.807) is 0 Å². The maximum atomic E-state index is 6.01. The van der Waals surface area contributed by atoms with Crippen molar-refractivity contribution in [3.8, 4) is 11.6 Å². The Hall–Kier alpha value is -2.10. The molecule has 0 aliphatic carbocycles. The Balaban J connectivity index is 2.44. The molecule has 0 unspecified atom stereocenters. The molecule has 0 aliphatic rings. The summed E-state index contributed by atoms with van der Waals surface area (Å²) in [6.45, 7) is 8.08. The van der Waals surface area contributed by atoms with Gasteiger partial charge in [-0.2, -0.15) is 4.98 Å². The fourth-order valence-electron chi connectivity index (χ4n) is 1.96. The lowest BCUT2D eigenvalue weighted by Gasteiger charge is -2.14. The molecule has 4 heteroatoms. The van der Waals surface area contributed by atoms with Gasteiger partial charge in [-0.25, -0.2) is 4.98 Å². The van der Waals surface area contributed by atoms with E-state index >= 15 is 0 Å². The number of benzene rings is 1. The van der Waals surface area contributed by atoms with Crippen LogP contribution in [0.4, 0.5) is 5.82 Å². The zero-order valence-corrected chi connectivity index (χ0v) is 12.7. The summed E-state index contributed by atoms with van der Waals surface area (Å²) in [4.78, 5) is 8.94. The number of hydrogen-bond acceptors (Lipinski definition) is 4. The summed E-state index contributed by atoms with van der Waals surface area (Å²) in [5, 5.41) is 3.09. The Kier molecular flexibility index (Phi) is 4.23. The van der Waals surface area contributed by atoms with Crippen molar-refractivity contribution < 1.29 is 4.74 Å². The monoisotopic (exact) mass is 271 g/mol. The van der Waals surface area contributed by atoms with Gasteiger partial charge in [-0.05, 0) is 38.0 Å². The topological polar surface area (TPSA) is 47.0 Å². The minimum absolute atomic E-state index is 0.620. The zero-order chi connectivity index (χ0) is 14.7. The lowest BCUT2D eigenvalue weighted by molar-refractivity contribution is 0.451. The van der Waals surface area contributed by atoms with Crippen LogP contribution in [-0.4, -0.2) is 17.0 Å². The molecule has 0 atom stereocenters. The van der Waals surface area contributed by atoms with Crippen LogP contribution in [0, 0.1) is 20.8 Å². The first-order valence-corrected chi connectivity index (χ1v) is 6.85. The molecule has 0 fully saturated rings. The second-order valence-corrected chi connectivity index (χ2v) is 4.89. The largest absolute Gasteiger partial charge is 0.438 e. The molecule has 1 heterocycles. The van der Waals surface area contributed by atoms with Crippen LogP contribution in [0.1, 0.15) is 29.4 Å². The van der Waals surface area contributed by atoms with E-state index in [0.29, 0.717) is 5.88 Å². The number of nitrogens with one attached hydrogen (secondary N) is 1. The minimum atomic E-state index is 0.620. The normalized spacial score (nSPS) is 10.4. The van der Waals surface area contributed by atoms with Crippen molar-refractivity contribution in [2.45, 2.75) is 34.1 Å². The molecule has 0 bridgehead atoms. The quantitative estimate of drug-likeness (QED) is 0.918. The first-order chi connectivity index (χ1) is 9.55. The number of nitrogens with zero attached hydrogens (tertiary/aromatic N) is 2. The molecule has 1 N–H and O–H groups in total. The van der Waals surface area contributed by atoms with E-state index in [1.807, 2.05) is 33.9 Å². The van der Waals surface area contributed by atoms with Gasteiger partial charge in [0.2, 0.25) is 5.88 Å². The SMILES string of the molecule is CCc1nc(NC)c(C)c(Oc2cc(C)ccc2C)n1. The first-order valence-electron chi connectivity index (χ1n) is 6.85. The van der Waals surface area contributed by atoms with Gasteiger partial charge >= 0.3 is 0 Å². The Morgan fingerprint density at radius 1 is 1.15 bits per heavy atom. The summed E-state index contributed by atoms with van der Waals surface area (Å²) in [5.41, 5.74) is 3.19. The fourth-order valence-corrected chi connectivity index (χ4v) is 1.96. The molecule has 2 aromatic rings. The maximum Gasteiger partial charge on any atom is 0.227 e. The minimum Gasteiger partial charge on any atom is -0.438 e. The average Bonchev–Trinajstić information content (AvgIpc) is 2.45. The smallest absolute Gasteiger partial charge is 0.227 e. The molecule has 20 heavy (non-hydrogen) atoms. The number of rotatable bonds is 4. The lowest BCUT2D eigenvalue weighted by Crippen LogP contribution is -2.05. The van der Waals surface area contributed by atoms with Gasteiger partial charge in [-0.15, -0.1) is 0 Å².